The van der Waals surface area contributed by atoms with Crippen LogP contribution in [0.1, 0.15) is 34.9 Å². The summed E-state index contributed by atoms with van der Waals surface area (Å²) in [7, 11) is 0. The maximum atomic E-state index is 10.8. The quantitative estimate of drug-likeness (QED) is 0.782. The lowest BCUT2D eigenvalue weighted by molar-refractivity contribution is -0.138. The Morgan fingerprint density at radius 2 is 2.21 bits per heavy atom. The maximum Gasteiger partial charge on any atom is 0.325 e. The van der Waals surface area contributed by atoms with Gasteiger partial charge in [-0.2, -0.15) is 0 Å². The lowest BCUT2D eigenvalue weighted by Crippen LogP contribution is -2.21. The largest absolute Gasteiger partial charge is 0.480 e. The zero-order valence-electron chi connectivity index (χ0n) is 7.82. The van der Waals surface area contributed by atoms with Crippen LogP contribution in [0.25, 0.3) is 0 Å². The maximum absolute atomic E-state index is 10.8. The average Bonchev–Trinajstić information content (AvgIpc) is 2.60. The molecule has 2 rings (SSSR count). The molecule has 3 nitrogen and oxygen atoms in total. The first-order chi connectivity index (χ1) is 6.70. The molecule has 0 aliphatic heterocycles. The number of thiophene rings is 1. The van der Waals surface area contributed by atoms with Crippen molar-refractivity contribution in [2.24, 2.45) is 5.73 Å². The van der Waals surface area contributed by atoms with Crippen LogP contribution in [0, 0.1) is 0 Å². The minimum absolute atomic E-state index is 0.831. The van der Waals surface area contributed by atoms with Gasteiger partial charge in [-0.3, -0.25) is 4.79 Å². The van der Waals surface area contributed by atoms with E-state index in [1.165, 1.54) is 16.9 Å². The zero-order chi connectivity index (χ0) is 10.1. The van der Waals surface area contributed by atoms with E-state index in [9.17, 15) is 4.79 Å². The van der Waals surface area contributed by atoms with E-state index in [-0.39, 0.29) is 0 Å². The number of carboxylic acid groups (broad SMARTS) is 1. The molecule has 0 spiro atoms. The van der Waals surface area contributed by atoms with Crippen LogP contribution >= 0.6 is 11.3 Å². The normalized spacial score (nSPS) is 17.5. The Labute approximate surface area is 86.6 Å². The van der Waals surface area contributed by atoms with Crippen LogP contribution in [0.2, 0.25) is 0 Å². The minimum Gasteiger partial charge on any atom is -0.480 e. The first-order valence-electron chi connectivity index (χ1n) is 4.77. The molecule has 1 aliphatic carbocycles. The van der Waals surface area contributed by atoms with Gasteiger partial charge in [-0.05, 0) is 42.2 Å². The highest BCUT2D eigenvalue weighted by molar-refractivity contribution is 7.10. The van der Waals surface area contributed by atoms with E-state index >= 15 is 0 Å². The second kappa shape index (κ2) is 3.71. The van der Waals surface area contributed by atoms with E-state index in [2.05, 4.69) is 0 Å². The molecule has 14 heavy (non-hydrogen) atoms. The van der Waals surface area contributed by atoms with Crippen LogP contribution in [-0.4, -0.2) is 11.1 Å². The SMILES string of the molecule is NC(C(=O)O)c1csc2c1CCCC2. The topological polar surface area (TPSA) is 63.3 Å². The molecule has 0 radical (unpaired) electrons. The van der Waals surface area contributed by atoms with E-state index in [4.69, 9.17) is 10.8 Å². The highest BCUT2D eigenvalue weighted by atomic mass is 32.1. The first-order valence-corrected chi connectivity index (χ1v) is 5.65. The molecule has 1 unspecified atom stereocenters. The van der Waals surface area contributed by atoms with Crippen LogP contribution in [0.15, 0.2) is 5.38 Å². The molecule has 1 aromatic heterocycles. The van der Waals surface area contributed by atoms with Gasteiger partial charge in [0.25, 0.3) is 0 Å². The van der Waals surface area contributed by atoms with Crippen molar-refractivity contribution in [3.8, 4) is 0 Å². The van der Waals surface area contributed by atoms with E-state index in [0.717, 1.165) is 24.8 Å². The Morgan fingerprint density at radius 1 is 1.50 bits per heavy atom. The summed E-state index contributed by atoms with van der Waals surface area (Å²) in [4.78, 5) is 12.1. The average molecular weight is 211 g/mol. The summed E-state index contributed by atoms with van der Waals surface area (Å²) < 4.78 is 0. The number of hydrogen-bond acceptors (Lipinski definition) is 3. The molecule has 0 bridgehead atoms. The summed E-state index contributed by atoms with van der Waals surface area (Å²) in [5.74, 6) is -0.934. The Balaban J connectivity index is 2.34. The van der Waals surface area contributed by atoms with Crippen molar-refractivity contribution >= 4 is 17.3 Å². The molecule has 1 atom stereocenters. The van der Waals surface area contributed by atoms with Gasteiger partial charge in [-0.25, -0.2) is 0 Å². The van der Waals surface area contributed by atoms with E-state index in [1.54, 1.807) is 11.3 Å². The molecule has 0 aromatic carbocycles. The fourth-order valence-corrected chi connectivity index (χ4v) is 3.10. The molecule has 0 saturated carbocycles. The number of nitrogens with two attached hydrogens (primary N) is 1. The molecule has 0 fully saturated rings. The molecule has 0 saturated heterocycles. The van der Waals surface area contributed by atoms with Crippen molar-refractivity contribution < 1.29 is 9.90 Å². The summed E-state index contributed by atoms with van der Waals surface area (Å²) in [6.45, 7) is 0. The number of rotatable bonds is 2. The third-order valence-electron chi connectivity index (χ3n) is 2.69. The smallest absolute Gasteiger partial charge is 0.325 e. The van der Waals surface area contributed by atoms with E-state index < -0.39 is 12.0 Å². The fourth-order valence-electron chi connectivity index (χ4n) is 1.91. The summed E-state index contributed by atoms with van der Waals surface area (Å²) >= 11 is 1.65. The molecule has 3 N–H and O–H groups in total. The van der Waals surface area contributed by atoms with Crippen molar-refractivity contribution in [3.05, 3.63) is 21.4 Å². The first kappa shape index (κ1) is 9.68. The Morgan fingerprint density at radius 3 is 2.93 bits per heavy atom. The number of hydrogen-bond donors (Lipinski definition) is 2. The number of carboxylic acids is 1. The van der Waals surface area contributed by atoms with Crippen molar-refractivity contribution in [3.63, 3.8) is 0 Å². The number of fused-ring (bicyclic) bond motifs is 1. The van der Waals surface area contributed by atoms with Crippen LogP contribution in [0.4, 0.5) is 0 Å². The van der Waals surface area contributed by atoms with Gasteiger partial charge in [-0.15, -0.1) is 11.3 Å². The lowest BCUT2D eigenvalue weighted by Gasteiger charge is -2.14. The van der Waals surface area contributed by atoms with Crippen molar-refractivity contribution in [1.29, 1.82) is 0 Å². The van der Waals surface area contributed by atoms with Crippen LogP contribution in [0.5, 0.6) is 0 Å². The van der Waals surface area contributed by atoms with E-state index in [0.29, 0.717) is 0 Å². The molecule has 1 aliphatic rings. The van der Waals surface area contributed by atoms with Crippen molar-refractivity contribution in [1.82, 2.24) is 0 Å². The molecule has 76 valence electrons. The number of carbonyl (C=O) groups is 1. The molecule has 1 aromatic rings. The molecule has 4 heteroatoms. The van der Waals surface area contributed by atoms with Gasteiger partial charge in [0.05, 0.1) is 0 Å². The second-order valence-electron chi connectivity index (χ2n) is 3.62. The third kappa shape index (κ3) is 1.55. The standard InChI is InChI=1S/C10H13NO2S/c11-9(10(12)13)7-5-14-8-4-2-1-3-6(7)8/h5,9H,1-4,11H2,(H,12,13). The predicted molar refractivity (Wildman–Crippen MR) is 55.5 cm³/mol. The highest BCUT2D eigenvalue weighted by Gasteiger charge is 2.23. The Hall–Kier alpha value is -0.870. The highest BCUT2D eigenvalue weighted by Crippen LogP contribution is 2.32. The molecule has 1 heterocycles. The summed E-state index contributed by atoms with van der Waals surface area (Å²) in [5, 5.41) is 10.7. The van der Waals surface area contributed by atoms with Gasteiger partial charge < -0.3 is 10.8 Å². The predicted octanol–water partition coefficient (Wildman–Crippen LogP) is 1.71. The summed E-state index contributed by atoms with van der Waals surface area (Å²) in [6.07, 6.45) is 4.46. The van der Waals surface area contributed by atoms with Crippen LogP contribution in [-0.2, 0) is 17.6 Å². The van der Waals surface area contributed by atoms with Gasteiger partial charge in [0.2, 0.25) is 0 Å². The second-order valence-corrected chi connectivity index (χ2v) is 4.58. The minimum atomic E-state index is -0.934. The van der Waals surface area contributed by atoms with E-state index in [1.807, 2.05) is 5.38 Å². The Bertz CT molecular complexity index is 359. The third-order valence-corrected chi connectivity index (χ3v) is 3.80. The van der Waals surface area contributed by atoms with Gasteiger partial charge in [0.1, 0.15) is 6.04 Å². The number of aryl methyl sites for hydroxylation is 1. The van der Waals surface area contributed by atoms with Crippen LogP contribution < -0.4 is 5.73 Å². The number of aliphatic carboxylic acids is 1. The van der Waals surface area contributed by atoms with Gasteiger partial charge in [-0.1, -0.05) is 0 Å². The van der Waals surface area contributed by atoms with Crippen molar-refractivity contribution in [2.75, 3.05) is 0 Å². The van der Waals surface area contributed by atoms with Gasteiger partial charge in [0.15, 0.2) is 0 Å². The monoisotopic (exact) mass is 211 g/mol. The summed E-state index contributed by atoms with van der Waals surface area (Å²) in [6, 6.07) is -0.840. The molecular formula is C10H13NO2S. The Kier molecular flexibility index (Phi) is 2.56. The zero-order valence-corrected chi connectivity index (χ0v) is 8.64. The van der Waals surface area contributed by atoms with Crippen LogP contribution in [0.3, 0.4) is 0 Å². The van der Waals surface area contributed by atoms with Gasteiger partial charge in [0, 0.05) is 4.88 Å². The van der Waals surface area contributed by atoms with Gasteiger partial charge >= 0.3 is 5.97 Å². The molecular weight excluding hydrogens is 198 g/mol. The van der Waals surface area contributed by atoms with Crippen molar-refractivity contribution in [2.45, 2.75) is 31.7 Å². The fraction of sp³-hybridized carbons (Fsp3) is 0.500. The summed E-state index contributed by atoms with van der Waals surface area (Å²) in [5.41, 5.74) is 7.65. The molecule has 0 amide bonds. The lowest BCUT2D eigenvalue weighted by atomic mass is 9.93.